The van der Waals surface area contributed by atoms with Crippen LogP contribution in [0.15, 0.2) is 0 Å². The number of hydrogen-bond acceptors (Lipinski definition) is 3. The predicted octanol–water partition coefficient (Wildman–Crippen LogP) is 2.16. The molecule has 0 radical (unpaired) electrons. The summed E-state index contributed by atoms with van der Waals surface area (Å²) in [6.45, 7) is 6.77. The third-order valence-corrected chi connectivity index (χ3v) is 4.86. The fraction of sp³-hybridized carbons (Fsp3) is 0.933. The second-order valence-electron chi connectivity index (χ2n) is 6.31. The lowest BCUT2D eigenvalue weighted by atomic mass is 9.87. The molecule has 0 aromatic heterocycles. The molecule has 1 saturated heterocycles. The molecule has 1 atom stereocenters. The summed E-state index contributed by atoms with van der Waals surface area (Å²) < 4.78 is 0. The molecule has 0 aromatic carbocycles. The first-order valence-corrected chi connectivity index (χ1v) is 7.58. The second-order valence-corrected chi connectivity index (χ2v) is 6.31. The minimum Gasteiger partial charge on any atom is -0.304 e. The van der Waals surface area contributed by atoms with E-state index in [0.717, 1.165) is 32.5 Å². The summed E-state index contributed by atoms with van der Waals surface area (Å²) in [5.74, 6) is 0. The Labute approximate surface area is 112 Å². The minimum absolute atomic E-state index is 0.0234. The zero-order valence-electron chi connectivity index (χ0n) is 12.0. The van der Waals surface area contributed by atoms with Crippen LogP contribution in [0.3, 0.4) is 0 Å². The lowest BCUT2D eigenvalue weighted by Gasteiger charge is -2.32. The summed E-state index contributed by atoms with van der Waals surface area (Å²) in [6.07, 6.45) is 8.57. The van der Waals surface area contributed by atoms with E-state index >= 15 is 0 Å². The largest absolute Gasteiger partial charge is 0.304 e. The van der Waals surface area contributed by atoms with Crippen LogP contribution in [-0.4, -0.2) is 55.4 Å². The lowest BCUT2D eigenvalue weighted by molar-refractivity contribution is -0.116. The molecule has 0 spiro atoms. The van der Waals surface area contributed by atoms with Crippen LogP contribution in [0.1, 0.15) is 45.4 Å². The third kappa shape index (κ3) is 3.12. The molecular formula is C15H28N2O. The predicted molar refractivity (Wildman–Crippen MR) is 74.7 cm³/mol. The molecule has 2 rings (SSSR count). The van der Waals surface area contributed by atoms with Gasteiger partial charge in [-0.15, -0.1) is 0 Å². The lowest BCUT2D eigenvalue weighted by Crippen LogP contribution is -2.43. The van der Waals surface area contributed by atoms with Gasteiger partial charge in [0.25, 0.3) is 0 Å². The summed E-state index contributed by atoms with van der Waals surface area (Å²) in [5, 5.41) is 0. The average Bonchev–Trinajstić information content (AvgIpc) is 2.98. The Morgan fingerprint density at radius 2 is 2.06 bits per heavy atom. The number of likely N-dealkylation sites (N-methyl/N-ethyl adjacent to an activating group) is 2. The Morgan fingerprint density at radius 1 is 1.33 bits per heavy atom. The molecule has 0 bridgehead atoms. The molecule has 1 unspecified atom stereocenters. The molecule has 2 fully saturated rings. The van der Waals surface area contributed by atoms with Crippen molar-refractivity contribution in [2.45, 2.75) is 51.5 Å². The van der Waals surface area contributed by atoms with E-state index in [1.807, 2.05) is 0 Å². The van der Waals surface area contributed by atoms with Gasteiger partial charge in [0.1, 0.15) is 6.29 Å². The maximum Gasteiger partial charge on any atom is 0.127 e. The van der Waals surface area contributed by atoms with Gasteiger partial charge in [-0.25, -0.2) is 0 Å². The van der Waals surface area contributed by atoms with Gasteiger partial charge < -0.3 is 9.69 Å². The zero-order chi connectivity index (χ0) is 13.0. The molecule has 0 amide bonds. The van der Waals surface area contributed by atoms with Gasteiger partial charge in [0, 0.05) is 24.5 Å². The highest BCUT2D eigenvalue weighted by Gasteiger charge is 2.35. The molecule has 104 valence electrons. The number of likely N-dealkylation sites (tertiary alicyclic amines) is 1. The molecule has 1 aliphatic heterocycles. The van der Waals surface area contributed by atoms with E-state index in [-0.39, 0.29) is 5.41 Å². The molecule has 1 aliphatic carbocycles. The topological polar surface area (TPSA) is 23.6 Å². The van der Waals surface area contributed by atoms with Crippen LogP contribution in [0.4, 0.5) is 0 Å². The van der Waals surface area contributed by atoms with Gasteiger partial charge >= 0.3 is 0 Å². The van der Waals surface area contributed by atoms with Gasteiger partial charge in [-0.05, 0) is 45.8 Å². The van der Waals surface area contributed by atoms with Crippen LogP contribution in [0.25, 0.3) is 0 Å². The van der Waals surface area contributed by atoms with Crippen molar-refractivity contribution in [2.24, 2.45) is 5.41 Å². The summed E-state index contributed by atoms with van der Waals surface area (Å²) >= 11 is 0. The van der Waals surface area contributed by atoms with Gasteiger partial charge in [0.2, 0.25) is 0 Å². The molecule has 0 aromatic rings. The monoisotopic (exact) mass is 252 g/mol. The Kier molecular flexibility index (Phi) is 4.79. The SMILES string of the molecule is CCN1CCCC1CN(C)CC1(C=O)CCCC1. The fourth-order valence-electron chi connectivity index (χ4n) is 3.87. The van der Waals surface area contributed by atoms with E-state index in [2.05, 4.69) is 23.8 Å². The molecule has 1 heterocycles. The molecule has 1 saturated carbocycles. The van der Waals surface area contributed by atoms with Crippen LogP contribution >= 0.6 is 0 Å². The molecule has 3 nitrogen and oxygen atoms in total. The van der Waals surface area contributed by atoms with Crippen LogP contribution in [-0.2, 0) is 4.79 Å². The third-order valence-electron chi connectivity index (χ3n) is 4.86. The van der Waals surface area contributed by atoms with E-state index in [0.29, 0.717) is 6.04 Å². The van der Waals surface area contributed by atoms with Crippen LogP contribution < -0.4 is 0 Å². The highest BCUT2D eigenvalue weighted by Crippen LogP contribution is 2.36. The highest BCUT2D eigenvalue weighted by molar-refractivity contribution is 5.60. The number of carbonyl (C=O) groups excluding carboxylic acids is 1. The van der Waals surface area contributed by atoms with E-state index in [1.54, 1.807) is 0 Å². The number of nitrogens with zero attached hydrogens (tertiary/aromatic N) is 2. The van der Waals surface area contributed by atoms with E-state index in [1.165, 1.54) is 38.5 Å². The standard InChI is InChI=1S/C15H28N2O/c1-3-17-10-6-7-14(17)11-16(2)12-15(13-18)8-4-5-9-15/h13-14H,3-12H2,1-2H3. The van der Waals surface area contributed by atoms with Crippen molar-refractivity contribution >= 4 is 6.29 Å². The van der Waals surface area contributed by atoms with Crippen LogP contribution in [0, 0.1) is 5.41 Å². The van der Waals surface area contributed by atoms with E-state index in [9.17, 15) is 4.79 Å². The van der Waals surface area contributed by atoms with Gasteiger partial charge in [0.05, 0.1) is 0 Å². The Hall–Kier alpha value is -0.410. The summed E-state index contributed by atoms with van der Waals surface area (Å²) in [4.78, 5) is 16.4. The van der Waals surface area contributed by atoms with Crippen LogP contribution in [0.5, 0.6) is 0 Å². The van der Waals surface area contributed by atoms with Gasteiger partial charge in [0.15, 0.2) is 0 Å². The first-order chi connectivity index (χ1) is 8.69. The number of carbonyl (C=O) groups is 1. The van der Waals surface area contributed by atoms with Crippen molar-refractivity contribution in [1.82, 2.24) is 9.80 Å². The number of hydrogen-bond donors (Lipinski definition) is 0. The maximum absolute atomic E-state index is 11.4. The van der Waals surface area contributed by atoms with Gasteiger partial charge in [-0.1, -0.05) is 19.8 Å². The number of rotatable bonds is 6. The Bertz CT molecular complexity index is 274. The molecule has 2 aliphatic rings. The molecule has 3 heteroatoms. The average molecular weight is 252 g/mol. The Morgan fingerprint density at radius 3 is 2.67 bits per heavy atom. The summed E-state index contributed by atoms with van der Waals surface area (Å²) in [5.41, 5.74) is -0.0234. The van der Waals surface area contributed by atoms with Gasteiger partial charge in [-0.2, -0.15) is 0 Å². The molecule has 0 N–H and O–H groups in total. The van der Waals surface area contributed by atoms with Crippen LogP contribution in [0.2, 0.25) is 0 Å². The van der Waals surface area contributed by atoms with Crippen molar-refractivity contribution in [2.75, 3.05) is 33.2 Å². The molecule has 18 heavy (non-hydrogen) atoms. The van der Waals surface area contributed by atoms with Crippen molar-refractivity contribution in [3.63, 3.8) is 0 Å². The molecular weight excluding hydrogens is 224 g/mol. The number of aldehydes is 1. The fourth-order valence-corrected chi connectivity index (χ4v) is 3.87. The maximum atomic E-state index is 11.4. The van der Waals surface area contributed by atoms with E-state index < -0.39 is 0 Å². The first-order valence-electron chi connectivity index (χ1n) is 7.58. The summed E-state index contributed by atoms with van der Waals surface area (Å²) in [7, 11) is 2.19. The summed E-state index contributed by atoms with van der Waals surface area (Å²) in [6, 6.07) is 0.713. The zero-order valence-corrected chi connectivity index (χ0v) is 12.0. The highest BCUT2D eigenvalue weighted by atomic mass is 16.1. The first kappa shape index (κ1) is 14.0. The van der Waals surface area contributed by atoms with Crippen molar-refractivity contribution < 1.29 is 4.79 Å². The Balaban J connectivity index is 1.84. The normalized spacial score (nSPS) is 28.1. The smallest absolute Gasteiger partial charge is 0.127 e. The van der Waals surface area contributed by atoms with Crippen molar-refractivity contribution in [1.29, 1.82) is 0 Å². The van der Waals surface area contributed by atoms with Crippen molar-refractivity contribution in [3.05, 3.63) is 0 Å². The van der Waals surface area contributed by atoms with E-state index in [4.69, 9.17) is 0 Å². The minimum atomic E-state index is -0.0234. The second kappa shape index (κ2) is 6.16. The van der Waals surface area contributed by atoms with Gasteiger partial charge in [-0.3, -0.25) is 4.90 Å². The van der Waals surface area contributed by atoms with Crippen molar-refractivity contribution in [3.8, 4) is 0 Å². The quantitative estimate of drug-likeness (QED) is 0.677.